The van der Waals surface area contributed by atoms with Gasteiger partial charge in [0, 0.05) is 13.2 Å². The molecule has 3 saturated heterocycles. The zero-order valence-corrected chi connectivity index (χ0v) is 24.0. The summed E-state index contributed by atoms with van der Waals surface area (Å²) in [6, 6.07) is 10.4. The molecule has 1 aromatic carbocycles. The monoisotopic (exact) mass is 530 g/mol. The normalized spacial score (nSPS) is 30.6. The average Bonchev–Trinajstić information content (AvgIpc) is 3.65. The summed E-state index contributed by atoms with van der Waals surface area (Å²) in [6.07, 6.45) is 18.9. The number of benzene rings is 1. The first kappa shape index (κ1) is 30.0. The lowest BCUT2D eigenvalue weighted by atomic mass is 9.80. The highest BCUT2D eigenvalue weighted by Gasteiger charge is 2.54. The molecule has 0 unspecified atom stereocenters. The largest absolute Gasteiger partial charge is 0.390 e. The van der Waals surface area contributed by atoms with Gasteiger partial charge in [-0.1, -0.05) is 82.2 Å². The lowest BCUT2D eigenvalue weighted by Gasteiger charge is -2.45. The van der Waals surface area contributed by atoms with Crippen molar-refractivity contribution in [1.29, 1.82) is 0 Å². The number of ether oxygens (including phenoxy) is 4. The van der Waals surface area contributed by atoms with Crippen LogP contribution in [0.2, 0.25) is 0 Å². The fourth-order valence-electron chi connectivity index (χ4n) is 6.80. The van der Waals surface area contributed by atoms with Crippen molar-refractivity contribution in [3.05, 3.63) is 35.9 Å². The first-order valence-corrected chi connectivity index (χ1v) is 16.0. The number of rotatable bonds is 17. The Balaban J connectivity index is 1.23. The van der Waals surface area contributed by atoms with Crippen molar-refractivity contribution in [1.82, 2.24) is 0 Å². The molecule has 0 amide bonds. The molecule has 5 nitrogen and oxygen atoms in total. The van der Waals surface area contributed by atoms with Gasteiger partial charge >= 0.3 is 0 Å². The van der Waals surface area contributed by atoms with E-state index < -0.39 is 11.7 Å². The van der Waals surface area contributed by atoms with E-state index in [9.17, 15) is 5.11 Å². The van der Waals surface area contributed by atoms with Gasteiger partial charge < -0.3 is 24.1 Å². The molecular weight excluding hydrogens is 476 g/mol. The van der Waals surface area contributed by atoms with Gasteiger partial charge in [0.2, 0.25) is 0 Å². The molecule has 216 valence electrons. The summed E-state index contributed by atoms with van der Waals surface area (Å²) in [5.74, 6) is 0. The van der Waals surface area contributed by atoms with Crippen LogP contribution in [0.4, 0.5) is 0 Å². The van der Waals surface area contributed by atoms with E-state index in [1.165, 1.54) is 37.7 Å². The Morgan fingerprint density at radius 3 is 2.58 bits per heavy atom. The predicted octanol–water partition coefficient (Wildman–Crippen LogP) is 7.52. The maximum Gasteiger partial charge on any atom is 0.121 e. The van der Waals surface area contributed by atoms with Gasteiger partial charge in [-0.25, -0.2) is 0 Å². The van der Waals surface area contributed by atoms with Crippen molar-refractivity contribution < 1.29 is 24.1 Å². The van der Waals surface area contributed by atoms with Crippen LogP contribution >= 0.6 is 0 Å². The lowest BCUT2D eigenvalue weighted by Crippen LogP contribution is -2.56. The zero-order valence-electron chi connectivity index (χ0n) is 24.0. The van der Waals surface area contributed by atoms with Gasteiger partial charge in [0.25, 0.3) is 0 Å². The molecule has 3 aliphatic rings. The standard InChI is InChI=1S/C33H54O5/c1-2-3-4-10-17-28-18-13-21-32(37-28)33(23-22-30(38-33)29-19-14-25-36-29)31(34)20-11-5-6-12-24-35-26-27-15-8-7-9-16-27/h7-9,15-16,28-32,34H,2-6,10-14,17-26H2,1H3/t28-,29+,30+,31+,32-,33+/m0/s1. The van der Waals surface area contributed by atoms with Gasteiger partial charge in [-0.15, -0.1) is 0 Å². The number of hydrogen-bond donors (Lipinski definition) is 1. The SMILES string of the molecule is CCCCCC[C@H]1CCC[C@@H]([C@]2([C@H](O)CCCCCCOCc3ccccc3)CC[C@H]([C@H]3CCCO3)O2)O1. The average molecular weight is 531 g/mol. The first-order valence-electron chi connectivity index (χ1n) is 16.0. The van der Waals surface area contributed by atoms with E-state index in [0.717, 1.165) is 90.3 Å². The Morgan fingerprint density at radius 2 is 1.76 bits per heavy atom. The molecule has 0 aliphatic carbocycles. The van der Waals surface area contributed by atoms with Crippen LogP contribution in [0.15, 0.2) is 30.3 Å². The van der Waals surface area contributed by atoms with Gasteiger partial charge in [-0.3, -0.25) is 0 Å². The minimum Gasteiger partial charge on any atom is -0.390 e. The van der Waals surface area contributed by atoms with Crippen LogP contribution in [0.5, 0.6) is 0 Å². The summed E-state index contributed by atoms with van der Waals surface area (Å²) < 4.78 is 25.5. The third-order valence-corrected chi connectivity index (χ3v) is 9.04. The van der Waals surface area contributed by atoms with Crippen LogP contribution in [-0.4, -0.2) is 54.4 Å². The molecule has 0 aromatic heterocycles. The number of aliphatic hydroxyl groups is 1. The quantitative estimate of drug-likeness (QED) is 0.211. The smallest absolute Gasteiger partial charge is 0.121 e. The van der Waals surface area contributed by atoms with Gasteiger partial charge in [0.1, 0.15) is 5.60 Å². The maximum atomic E-state index is 11.6. The number of unbranched alkanes of at least 4 members (excludes halogenated alkanes) is 6. The van der Waals surface area contributed by atoms with Gasteiger partial charge in [0.15, 0.2) is 0 Å². The molecule has 0 saturated carbocycles. The van der Waals surface area contributed by atoms with Crippen molar-refractivity contribution in [3.8, 4) is 0 Å². The minimum absolute atomic E-state index is 0.000199. The third-order valence-electron chi connectivity index (χ3n) is 9.04. The van der Waals surface area contributed by atoms with Crippen LogP contribution in [0, 0.1) is 0 Å². The molecule has 1 N–H and O–H groups in total. The first-order chi connectivity index (χ1) is 18.7. The van der Waals surface area contributed by atoms with Gasteiger partial charge in [-0.2, -0.15) is 0 Å². The molecule has 3 fully saturated rings. The molecule has 0 bridgehead atoms. The Morgan fingerprint density at radius 1 is 0.921 bits per heavy atom. The van der Waals surface area contributed by atoms with Crippen LogP contribution in [0.1, 0.15) is 122 Å². The van der Waals surface area contributed by atoms with Crippen LogP contribution in [0.25, 0.3) is 0 Å². The maximum absolute atomic E-state index is 11.6. The third kappa shape index (κ3) is 8.76. The fourth-order valence-corrected chi connectivity index (χ4v) is 6.80. The van der Waals surface area contributed by atoms with Gasteiger partial charge in [-0.05, 0) is 69.8 Å². The molecule has 3 heterocycles. The van der Waals surface area contributed by atoms with Gasteiger partial charge in [0.05, 0.1) is 37.1 Å². The van der Waals surface area contributed by atoms with E-state index in [1.54, 1.807) is 0 Å². The molecule has 3 aliphatic heterocycles. The second-order valence-electron chi connectivity index (χ2n) is 12.0. The predicted molar refractivity (Wildman–Crippen MR) is 152 cm³/mol. The molecule has 4 rings (SSSR count). The summed E-state index contributed by atoms with van der Waals surface area (Å²) in [5, 5.41) is 11.6. The summed E-state index contributed by atoms with van der Waals surface area (Å²) in [4.78, 5) is 0. The lowest BCUT2D eigenvalue weighted by molar-refractivity contribution is -0.225. The van der Waals surface area contributed by atoms with Crippen LogP contribution in [-0.2, 0) is 25.6 Å². The molecular formula is C33H54O5. The van der Waals surface area contributed by atoms with Crippen molar-refractivity contribution in [2.75, 3.05) is 13.2 Å². The number of aliphatic hydroxyl groups excluding tert-OH is 1. The summed E-state index contributed by atoms with van der Waals surface area (Å²) in [7, 11) is 0. The highest BCUT2D eigenvalue weighted by Crippen LogP contribution is 2.45. The highest BCUT2D eigenvalue weighted by molar-refractivity contribution is 5.13. The topological polar surface area (TPSA) is 57.2 Å². The molecule has 1 aromatic rings. The second kappa shape index (κ2) is 16.3. The fraction of sp³-hybridized carbons (Fsp3) is 0.818. The summed E-state index contributed by atoms with van der Waals surface area (Å²) in [6.45, 7) is 4.59. The van der Waals surface area contributed by atoms with Crippen molar-refractivity contribution >= 4 is 0 Å². The molecule has 38 heavy (non-hydrogen) atoms. The van der Waals surface area contributed by atoms with E-state index in [0.29, 0.717) is 12.7 Å². The van der Waals surface area contributed by atoms with Crippen LogP contribution < -0.4 is 0 Å². The molecule has 0 spiro atoms. The van der Waals surface area contributed by atoms with E-state index in [4.69, 9.17) is 18.9 Å². The van der Waals surface area contributed by atoms with Crippen molar-refractivity contribution in [2.45, 2.75) is 159 Å². The Labute approximate surface area is 232 Å². The summed E-state index contributed by atoms with van der Waals surface area (Å²) >= 11 is 0. The van der Waals surface area contributed by atoms with Crippen molar-refractivity contribution in [2.24, 2.45) is 0 Å². The van der Waals surface area contributed by atoms with E-state index in [2.05, 4.69) is 31.2 Å². The van der Waals surface area contributed by atoms with E-state index in [1.807, 2.05) is 6.07 Å². The molecule has 0 radical (unpaired) electrons. The van der Waals surface area contributed by atoms with Crippen molar-refractivity contribution in [3.63, 3.8) is 0 Å². The molecule has 5 heteroatoms. The number of hydrogen-bond acceptors (Lipinski definition) is 5. The minimum atomic E-state index is -0.572. The Hall–Kier alpha value is -0.980. The zero-order chi connectivity index (χ0) is 26.5. The van der Waals surface area contributed by atoms with E-state index in [-0.39, 0.29) is 18.3 Å². The molecule has 6 atom stereocenters. The van der Waals surface area contributed by atoms with Crippen LogP contribution in [0.3, 0.4) is 0 Å². The second-order valence-corrected chi connectivity index (χ2v) is 12.0. The summed E-state index contributed by atoms with van der Waals surface area (Å²) in [5.41, 5.74) is 0.657. The highest BCUT2D eigenvalue weighted by atomic mass is 16.6. The van der Waals surface area contributed by atoms with E-state index >= 15 is 0 Å². The Bertz CT molecular complexity index is 751. The Kier molecular flexibility index (Phi) is 12.9.